The average molecular weight is 368 g/mol. The molecule has 0 atom stereocenters. The number of hydrogen-bond acceptors (Lipinski definition) is 5. The van der Waals surface area contributed by atoms with Gasteiger partial charge in [-0.25, -0.2) is 4.98 Å². The molecule has 0 bridgehead atoms. The van der Waals surface area contributed by atoms with Crippen LogP contribution in [-0.2, 0) is 11.4 Å². The molecule has 134 valence electrons. The van der Waals surface area contributed by atoms with Crippen molar-refractivity contribution in [3.05, 3.63) is 58.1 Å². The third-order valence-corrected chi connectivity index (χ3v) is 5.66. The summed E-state index contributed by atoms with van der Waals surface area (Å²) in [5, 5.41) is 11.0. The van der Waals surface area contributed by atoms with E-state index in [0.29, 0.717) is 13.1 Å². The van der Waals surface area contributed by atoms with Crippen LogP contribution in [0.25, 0.3) is 17.2 Å². The fourth-order valence-electron chi connectivity index (χ4n) is 3.24. The molecule has 26 heavy (non-hydrogen) atoms. The zero-order valence-electron chi connectivity index (χ0n) is 14.3. The number of piperidine rings is 1. The lowest BCUT2D eigenvalue weighted by molar-refractivity contribution is -0.127. The fourth-order valence-corrected chi connectivity index (χ4v) is 4.03. The van der Waals surface area contributed by atoms with Crippen molar-refractivity contribution in [1.82, 2.24) is 9.88 Å². The first-order chi connectivity index (χ1) is 12.7. The van der Waals surface area contributed by atoms with Crippen LogP contribution < -0.4 is 0 Å². The molecule has 5 nitrogen and oxygen atoms in total. The summed E-state index contributed by atoms with van der Waals surface area (Å²) in [5.41, 5.74) is 2.59. The molecule has 3 aromatic rings. The quantitative estimate of drug-likeness (QED) is 0.711. The van der Waals surface area contributed by atoms with E-state index in [2.05, 4.69) is 4.98 Å². The lowest BCUT2D eigenvalue weighted by Gasteiger charge is -2.29. The topological polar surface area (TPSA) is 66.6 Å². The van der Waals surface area contributed by atoms with E-state index < -0.39 is 0 Å². The van der Waals surface area contributed by atoms with Gasteiger partial charge in [-0.3, -0.25) is 4.79 Å². The highest BCUT2D eigenvalue weighted by Crippen LogP contribution is 2.30. The van der Waals surface area contributed by atoms with Crippen molar-refractivity contribution >= 4 is 34.4 Å². The summed E-state index contributed by atoms with van der Waals surface area (Å²) in [7, 11) is 0. The standard InChI is InChI=1S/C20H20N2O3S/c23-12-14-11-16(26-13-14)5-6-19(24)22-9-7-15(8-10-22)20-21-17-3-1-2-4-18(17)25-20/h1-6,11,13,15,23H,7-10,12H2. The molecule has 3 heterocycles. The van der Waals surface area contributed by atoms with Crippen molar-refractivity contribution in [3.8, 4) is 0 Å². The van der Waals surface area contributed by atoms with Gasteiger partial charge in [0.15, 0.2) is 11.5 Å². The van der Waals surface area contributed by atoms with E-state index >= 15 is 0 Å². The zero-order chi connectivity index (χ0) is 17.9. The highest BCUT2D eigenvalue weighted by atomic mass is 32.1. The smallest absolute Gasteiger partial charge is 0.246 e. The molecule has 0 spiro atoms. The summed E-state index contributed by atoms with van der Waals surface area (Å²) in [6.45, 7) is 1.44. The zero-order valence-corrected chi connectivity index (χ0v) is 15.1. The summed E-state index contributed by atoms with van der Waals surface area (Å²) in [6, 6.07) is 9.69. The normalized spacial score (nSPS) is 16.0. The molecule has 1 saturated heterocycles. The second-order valence-electron chi connectivity index (χ2n) is 6.47. The number of para-hydroxylation sites is 2. The van der Waals surface area contributed by atoms with Crippen molar-refractivity contribution in [2.75, 3.05) is 13.1 Å². The molecule has 1 aliphatic heterocycles. The van der Waals surface area contributed by atoms with Gasteiger partial charge in [0.05, 0.1) is 6.61 Å². The summed E-state index contributed by atoms with van der Waals surface area (Å²) < 4.78 is 5.87. The van der Waals surface area contributed by atoms with Crippen molar-refractivity contribution in [1.29, 1.82) is 0 Å². The van der Waals surface area contributed by atoms with Crippen LogP contribution in [0.3, 0.4) is 0 Å². The molecular formula is C20H20N2O3S. The van der Waals surface area contributed by atoms with Crippen molar-refractivity contribution in [3.63, 3.8) is 0 Å². The Morgan fingerprint density at radius 3 is 2.88 bits per heavy atom. The molecular weight excluding hydrogens is 348 g/mol. The lowest BCUT2D eigenvalue weighted by Crippen LogP contribution is -2.36. The van der Waals surface area contributed by atoms with E-state index in [1.165, 1.54) is 11.3 Å². The Bertz CT molecular complexity index is 902. The minimum absolute atomic E-state index is 0.0277. The summed E-state index contributed by atoms with van der Waals surface area (Å²) >= 11 is 1.52. The number of likely N-dealkylation sites (tertiary alicyclic amines) is 1. The number of aromatic nitrogens is 1. The first-order valence-electron chi connectivity index (χ1n) is 8.73. The number of benzene rings is 1. The number of amides is 1. The molecule has 1 N–H and O–H groups in total. The van der Waals surface area contributed by atoms with Crippen molar-refractivity contribution < 1.29 is 14.3 Å². The largest absolute Gasteiger partial charge is 0.440 e. The number of aliphatic hydroxyl groups excluding tert-OH is 1. The minimum atomic E-state index is 0.0277. The van der Waals surface area contributed by atoms with Crippen LogP contribution >= 0.6 is 11.3 Å². The maximum atomic E-state index is 12.4. The van der Waals surface area contributed by atoms with Crippen LogP contribution in [-0.4, -0.2) is 34.0 Å². The van der Waals surface area contributed by atoms with E-state index in [0.717, 1.165) is 40.3 Å². The predicted molar refractivity (Wildman–Crippen MR) is 102 cm³/mol. The van der Waals surface area contributed by atoms with Gasteiger partial charge in [0.2, 0.25) is 5.91 Å². The number of hydrogen-bond donors (Lipinski definition) is 1. The molecule has 0 aliphatic carbocycles. The average Bonchev–Trinajstić information content (AvgIpc) is 3.32. The Hall–Kier alpha value is -2.44. The van der Waals surface area contributed by atoms with E-state index in [1.54, 1.807) is 6.08 Å². The van der Waals surface area contributed by atoms with Gasteiger partial charge in [-0.15, -0.1) is 11.3 Å². The maximum absolute atomic E-state index is 12.4. The second kappa shape index (κ2) is 7.43. The maximum Gasteiger partial charge on any atom is 0.246 e. The molecule has 2 aromatic heterocycles. The van der Waals surface area contributed by atoms with Gasteiger partial charge >= 0.3 is 0 Å². The predicted octanol–water partition coefficient (Wildman–Crippen LogP) is 3.80. The van der Waals surface area contributed by atoms with Crippen LogP contribution in [0.5, 0.6) is 0 Å². The van der Waals surface area contributed by atoms with Crippen molar-refractivity contribution in [2.24, 2.45) is 0 Å². The molecule has 0 radical (unpaired) electrons. The Morgan fingerprint density at radius 1 is 1.35 bits per heavy atom. The number of rotatable bonds is 4. The molecule has 6 heteroatoms. The Balaban J connectivity index is 1.36. The third-order valence-electron chi connectivity index (χ3n) is 4.71. The molecule has 1 aromatic carbocycles. The van der Waals surface area contributed by atoms with E-state index in [-0.39, 0.29) is 18.4 Å². The fraction of sp³-hybridized carbons (Fsp3) is 0.300. The summed E-state index contributed by atoms with van der Waals surface area (Å²) in [6.07, 6.45) is 5.16. The Morgan fingerprint density at radius 2 is 2.15 bits per heavy atom. The first-order valence-corrected chi connectivity index (χ1v) is 9.61. The van der Waals surface area contributed by atoms with Gasteiger partial charge in [0.25, 0.3) is 0 Å². The van der Waals surface area contributed by atoms with Gasteiger partial charge in [-0.2, -0.15) is 0 Å². The second-order valence-corrected chi connectivity index (χ2v) is 7.41. The van der Waals surface area contributed by atoms with E-state index in [4.69, 9.17) is 9.52 Å². The van der Waals surface area contributed by atoms with Crippen molar-refractivity contribution in [2.45, 2.75) is 25.4 Å². The van der Waals surface area contributed by atoms with Crippen LogP contribution in [0.15, 0.2) is 46.2 Å². The monoisotopic (exact) mass is 368 g/mol. The Labute approximate surface area is 155 Å². The van der Waals surface area contributed by atoms with Gasteiger partial charge in [0, 0.05) is 30.0 Å². The van der Waals surface area contributed by atoms with Gasteiger partial charge in [0.1, 0.15) is 5.52 Å². The van der Waals surface area contributed by atoms with Crippen LogP contribution in [0.1, 0.15) is 35.1 Å². The molecule has 0 saturated carbocycles. The Kier molecular flexibility index (Phi) is 4.86. The number of nitrogens with zero attached hydrogens (tertiary/aromatic N) is 2. The number of aliphatic hydroxyl groups is 1. The molecule has 1 aliphatic rings. The number of carbonyl (C=O) groups excluding carboxylic acids is 1. The van der Waals surface area contributed by atoms with Gasteiger partial charge < -0.3 is 14.4 Å². The number of oxazole rings is 1. The number of fused-ring (bicyclic) bond motifs is 1. The highest BCUT2D eigenvalue weighted by Gasteiger charge is 2.26. The van der Waals surface area contributed by atoms with Crippen LogP contribution in [0.2, 0.25) is 0 Å². The molecule has 4 rings (SSSR count). The van der Waals surface area contributed by atoms with E-state index in [9.17, 15) is 4.79 Å². The first kappa shape index (κ1) is 17.0. The molecule has 1 amide bonds. The molecule has 1 fully saturated rings. The molecule has 0 unspecified atom stereocenters. The van der Waals surface area contributed by atoms with Gasteiger partial charge in [-0.1, -0.05) is 12.1 Å². The SMILES string of the molecule is O=C(C=Cc1cc(CO)cs1)N1CCC(c2nc3ccccc3o2)CC1. The minimum Gasteiger partial charge on any atom is -0.440 e. The number of thiophene rings is 1. The van der Waals surface area contributed by atoms with Gasteiger partial charge in [-0.05, 0) is 48.1 Å². The summed E-state index contributed by atoms with van der Waals surface area (Å²) in [5.74, 6) is 1.07. The number of carbonyl (C=O) groups is 1. The van der Waals surface area contributed by atoms with E-state index in [1.807, 2.05) is 46.7 Å². The highest BCUT2D eigenvalue weighted by molar-refractivity contribution is 7.11. The van der Waals surface area contributed by atoms with Crippen LogP contribution in [0.4, 0.5) is 0 Å². The lowest BCUT2D eigenvalue weighted by atomic mass is 9.97. The third kappa shape index (κ3) is 3.57. The van der Waals surface area contributed by atoms with Crippen LogP contribution in [0, 0.1) is 0 Å². The summed E-state index contributed by atoms with van der Waals surface area (Å²) in [4.78, 5) is 19.8.